The normalized spacial score (nSPS) is 18.9. The molecule has 0 saturated heterocycles. The fourth-order valence-electron chi connectivity index (χ4n) is 2.72. The summed E-state index contributed by atoms with van der Waals surface area (Å²) in [5, 5.41) is 4.29. The maximum atomic E-state index is 6.26. The second-order valence-electron chi connectivity index (χ2n) is 4.96. The summed E-state index contributed by atoms with van der Waals surface area (Å²) in [7, 11) is 0. The second kappa shape index (κ2) is 4.15. The molecular formula is C13H19N5. The molecule has 1 aliphatic heterocycles. The summed E-state index contributed by atoms with van der Waals surface area (Å²) in [6, 6.07) is 0.455. The molecule has 0 fully saturated rings. The predicted molar refractivity (Wildman–Crippen MR) is 71.2 cm³/mol. The van der Waals surface area contributed by atoms with E-state index in [0.717, 1.165) is 35.9 Å². The molecule has 0 spiro atoms. The van der Waals surface area contributed by atoms with Crippen LogP contribution in [0.25, 0.3) is 11.3 Å². The number of hydrogen-bond donors (Lipinski definition) is 1. The van der Waals surface area contributed by atoms with Crippen LogP contribution >= 0.6 is 0 Å². The van der Waals surface area contributed by atoms with Crippen molar-refractivity contribution in [3.05, 3.63) is 18.2 Å². The molecular weight excluding hydrogens is 226 g/mol. The Labute approximate surface area is 107 Å². The van der Waals surface area contributed by atoms with Crippen LogP contribution in [-0.2, 0) is 13.0 Å². The van der Waals surface area contributed by atoms with Gasteiger partial charge in [-0.2, -0.15) is 5.10 Å². The number of hydrogen-bond acceptors (Lipinski definition) is 3. The van der Waals surface area contributed by atoms with Crippen molar-refractivity contribution in [2.75, 3.05) is 5.73 Å². The van der Waals surface area contributed by atoms with Gasteiger partial charge in [0.25, 0.3) is 0 Å². The average molecular weight is 245 g/mol. The van der Waals surface area contributed by atoms with Crippen molar-refractivity contribution in [3.8, 4) is 11.3 Å². The van der Waals surface area contributed by atoms with E-state index in [-0.39, 0.29) is 0 Å². The van der Waals surface area contributed by atoms with Gasteiger partial charge in [-0.1, -0.05) is 0 Å². The third-order valence-corrected chi connectivity index (χ3v) is 3.71. The van der Waals surface area contributed by atoms with E-state index in [1.165, 1.54) is 12.8 Å². The van der Waals surface area contributed by atoms with Gasteiger partial charge in [-0.05, 0) is 26.7 Å². The predicted octanol–water partition coefficient (Wildman–Crippen LogP) is 2.25. The van der Waals surface area contributed by atoms with E-state index in [9.17, 15) is 0 Å². The number of nitrogens with zero attached hydrogens (tertiary/aromatic N) is 4. The van der Waals surface area contributed by atoms with Crippen LogP contribution in [0.2, 0.25) is 0 Å². The molecule has 0 radical (unpaired) electrons. The molecule has 1 atom stereocenters. The van der Waals surface area contributed by atoms with Crippen LogP contribution in [0, 0.1) is 0 Å². The third kappa shape index (κ3) is 1.62. The smallest absolute Gasteiger partial charge is 0.132 e. The number of aromatic nitrogens is 4. The van der Waals surface area contributed by atoms with Crippen molar-refractivity contribution in [2.45, 2.75) is 45.7 Å². The molecule has 0 saturated carbocycles. The van der Waals surface area contributed by atoms with Gasteiger partial charge < -0.3 is 10.3 Å². The minimum absolute atomic E-state index is 0.455. The SMILES string of the molecule is CCn1cc(-c2nc3n(c2N)C(C)CCC3)cn1. The Morgan fingerprint density at radius 2 is 2.33 bits per heavy atom. The molecule has 0 bridgehead atoms. The van der Waals surface area contributed by atoms with E-state index >= 15 is 0 Å². The number of anilines is 1. The number of nitrogens with two attached hydrogens (primary N) is 1. The van der Waals surface area contributed by atoms with Crippen LogP contribution in [-0.4, -0.2) is 19.3 Å². The Balaban J connectivity index is 2.08. The van der Waals surface area contributed by atoms with Gasteiger partial charge >= 0.3 is 0 Å². The summed E-state index contributed by atoms with van der Waals surface area (Å²) < 4.78 is 4.08. The van der Waals surface area contributed by atoms with Crippen LogP contribution < -0.4 is 5.73 Å². The standard InChI is InChI=1S/C13H19N5/c1-3-17-8-10(7-15-17)12-13(14)18-9(2)5-4-6-11(18)16-12/h7-9H,3-6,14H2,1-2H3. The van der Waals surface area contributed by atoms with Gasteiger partial charge in [-0.15, -0.1) is 0 Å². The van der Waals surface area contributed by atoms with E-state index in [1.807, 2.05) is 17.1 Å². The third-order valence-electron chi connectivity index (χ3n) is 3.71. The van der Waals surface area contributed by atoms with Gasteiger partial charge in [-0.3, -0.25) is 4.68 Å². The van der Waals surface area contributed by atoms with Gasteiger partial charge in [0.2, 0.25) is 0 Å². The summed E-state index contributed by atoms with van der Waals surface area (Å²) in [5.41, 5.74) is 8.17. The molecule has 2 aromatic heterocycles. The van der Waals surface area contributed by atoms with Crippen molar-refractivity contribution >= 4 is 5.82 Å². The Kier molecular flexibility index (Phi) is 2.61. The zero-order valence-electron chi connectivity index (χ0n) is 10.9. The van der Waals surface area contributed by atoms with Gasteiger partial charge in [-0.25, -0.2) is 4.98 Å². The van der Waals surface area contributed by atoms with Crippen LogP contribution in [0.5, 0.6) is 0 Å². The number of nitrogen functional groups attached to an aromatic ring is 1. The lowest BCUT2D eigenvalue weighted by Gasteiger charge is -2.22. The highest BCUT2D eigenvalue weighted by molar-refractivity contribution is 5.70. The highest BCUT2D eigenvalue weighted by atomic mass is 15.3. The Hall–Kier alpha value is -1.78. The van der Waals surface area contributed by atoms with Gasteiger partial charge in [0.05, 0.1) is 6.20 Å². The maximum absolute atomic E-state index is 6.26. The highest BCUT2D eigenvalue weighted by Crippen LogP contribution is 2.33. The highest BCUT2D eigenvalue weighted by Gasteiger charge is 2.23. The molecule has 3 heterocycles. The van der Waals surface area contributed by atoms with Gasteiger partial charge in [0.1, 0.15) is 17.3 Å². The maximum Gasteiger partial charge on any atom is 0.132 e. The minimum atomic E-state index is 0.455. The molecule has 5 nitrogen and oxygen atoms in total. The summed E-state index contributed by atoms with van der Waals surface area (Å²) in [6.07, 6.45) is 7.26. The lowest BCUT2D eigenvalue weighted by Crippen LogP contribution is -2.16. The largest absolute Gasteiger partial charge is 0.383 e. The molecule has 2 aromatic rings. The topological polar surface area (TPSA) is 61.7 Å². The van der Waals surface area contributed by atoms with Crippen LogP contribution in [0.15, 0.2) is 12.4 Å². The monoisotopic (exact) mass is 245 g/mol. The fourth-order valence-corrected chi connectivity index (χ4v) is 2.72. The minimum Gasteiger partial charge on any atom is -0.383 e. The molecule has 18 heavy (non-hydrogen) atoms. The zero-order chi connectivity index (χ0) is 12.7. The van der Waals surface area contributed by atoms with Gasteiger partial charge in [0, 0.05) is 30.8 Å². The molecule has 1 aliphatic rings. The first-order valence-corrected chi connectivity index (χ1v) is 6.60. The van der Waals surface area contributed by atoms with E-state index in [1.54, 1.807) is 0 Å². The van der Waals surface area contributed by atoms with Crippen LogP contribution in [0.4, 0.5) is 5.82 Å². The lowest BCUT2D eigenvalue weighted by molar-refractivity contribution is 0.430. The second-order valence-corrected chi connectivity index (χ2v) is 4.96. The molecule has 0 aromatic carbocycles. The van der Waals surface area contributed by atoms with E-state index in [0.29, 0.717) is 6.04 Å². The van der Waals surface area contributed by atoms with Crippen molar-refractivity contribution in [3.63, 3.8) is 0 Å². The number of imidazole rings is 1. The average Bonchev–Trinajstić information content (AvgIpc) is 2.94. The Morgan fingerprint density at radius 1 is 1.50 bits per heavy atom. The first-order chi connectivity index (χ1) is 8.70. The van der Waals surface area contributed by atoms with Crippen molar-refractivity contribution < 1.29 is 0 Å². The first kappa shape index (κ1) is 11.3. The fraction of sp³-hybridized carbons (Fsp3) is 0.538. The summed E-state index contributed by atoms with van der Waals surface area (Å²) in [6.45, 7) is 5.14. The molecule has 0 aliphatic carbocycles. The summed E-state index contributed by atoms with van der Waals surface area (Å²) in [4.78, 5) is 4.70. The molecule has 0 amide bonds. The van der Waals surface area contributed by atoms with Gasteiger partial charge in [0.15, 0.2) is 0 Å². The molecule has 2 N–H and O–H groups in total. The summed E-state index contributed by atoms with van der Waals surface area (Å²) >= 11 is 0. The molecule has 1 unspecified atom stereocenters. The lowest BCUT2D eigenvalue weighted by atomic mass is 10.1. The quantitative estimate of drug-likeness (QED) is 0.882. The van der Waals surface area contributed by atoms with Crippen molar-refractivity contribution in [2.24, 2.45) is 0 Å². The molecule has 3 rings (SSSR count). The number of rotatable bonds is 2. The Bertz CT molecular complexity index is 566. The van der Waals surface area contributed by atoms with Crippen LogP contribution in [0.3, 0.4) is 0 Å². The van der Waals surface area contributed by atoms with Crippen molar-refractivity contribution in [1.82, 2.24) is 19.3 Å². The summed E-state index contributed by atoms with van der Waals surface area (Å²) in [5.74, 6) is 1.90. The van der Waals surface area contributed by atoms with Crippen molar-refractivity contribution in [1.29, 1.82) is 0 Å². The van der Waals surface area contributed by atoms with E-state index in [2.05, 4.69) is 23.5 Å². The first-order valence-electron chi connectivity index (χ1n) is 6.60. The number of aryl methyl sites for hydroxylation is 2. The number of fused-ring (bicyclic) bond motifs is 1. The van der Waals surface area contributed by atoms with E-state index < -0.39 is 0 Å². The van der Waals surface area contributed by atoms with E-state index in [4.69, 9.17) is 10.7 Å². The Morgan fingerprint density at radius 3 is 3.00 bits per heavy atom. The molecule has 96 valence electrons. The zero-order valence-corrected chi connectivity index (χ0v) is 10.9. The van der Waals surface area contributed by atoms with Crippen LogP contribution in [0.1, 0.15) is 38.6 Å². The molecule has 5 heteroatoms.